The van der Waals surface area contributed by atoms with Crippen LogP contribution in [-0.2, 0) is 29.2 Å². The molecule has 40 heavy (non-hydrogen) atoms. The second-order valence-corrected chi connectivity index (χ2v) is 10.1. The van der Waals surface area contributed by atoms with Crippen LogP contribution in [0.25, 0.3) is 22.5 Å². The molecule has 0 bridgehead atoms. The SMILES string of the molecule is CC(C)[C@H](NCc1ccc(-c2ccccc2-c2nnn(Cc3ccccc3)n2)cc1)C(=O)OCc1ccccc1. The Kier molecular flexibility index (Phi) is 8.73. The number of rotatable bonds is 11. The van der Waals surface area contributed by atoms with E-state index in [-0.39, 0.29) is 18.5 Å². The zero-order valence-corrected chi connectivity index (χ0v) is 22.8. The normalized spacial score (nSPS) is 11.9. The largest absolute Gasteiger partial charge is 0.460 e. The van der Waals surface area contributed by atoms with E-state index in [0.717, 1.165) is 33.4 Å². The summed E-state index contributed by atoms with van der Waals surface area (Å²) in [6.45, 7) is 5.43. The van der Waals surface area contributed by atoms with Gasteiger partial charge in [0.25, 0.3) is 0 Å². The number of hydrogen-bond donors (Lipinski definition) is 1. The second-order valence-electron chi connectivity index (χ2n) is 10.1. The third kappa shape index (κ3) is 6.87. The highest BCUT2D eigenvalue weighted by atomic mass is 16.5. The van der Waals surface area contributed by atoms with Gasteiger partial charge in [-0.25, -0.2) is 0 Å². The van der Waals surface area contributed by atoms with Crippen LogP contribution in [0.2, 0.25) is 0 Å². The number of tetrazole rings is 1. The lowest BCUT2D eigenvalue weighted by atomic mass is 9.98. The van der Waals surface area contributed by atoms with Crippen LogP contribution in [0.5, 0.6) is 0 Å². The van der Waals surface area contributed by atoms with Gasteiger partial charge < -0.3 is 10.1 Å². The molecule has 0 unspecified atom stereocenters. The van der Waals surface area contributed by atoms with E-state index < -0.39 is 6.04 Å². The molecule has 7 heteroatoms. The van der Waals surface area contributed by atoms with Crippen LogP contribution in [0.4, 0.5) is 0 Å². The zero-order chi connectivity index (χ0) is 27.7. The van der Waals surface area contributed by atoms with Gasteiger partial charge in [-0.3, -0.25) is 4.79 Å². The molecule has 1 N–H and O–H groups in total. The molecule has 0 aliphatic rings. The molecular formula is C33H33N5O2. The topological polar surface area (TPSA) is 81.9 Å². The van der Waals surface area contributed by atoms with Crippen molar-refractivity contribution in [2.24, 2.45) is 5.92 Å². The molecule has 0 amide bonds. The Balaban J connectivity index is 1.24. The van der Waals surface area contributed by atoms with E-state index >= 15 is 0 Å². The molecule has 202 valence electrons. The second kappa shape index (κ2) is 13.0. The lowest BCUT2D eigenvalue weighted by Gasteiger charge is -2.21. The van der Waals surface area contributed by atoms with E-state index in [0.29, 0.717) is 18.9 Å². The summed E-state index contributed by atoms with van der Waals surface area (Å²) in [5, 5.41) is 16.6. The molecule has 5 aromatic rings. The summed E-state index contributed by atoms with van der Waals surface area (Å²) in [5.74, 6) is 0.445. The minimum atomic E-state index is -0.395. The van der Waals surface area contributed by atoms with E-state index in [4.69, 9.17) is 4.74 Å². The quantitative estimate of drug-likeness (QED) is 0.213. The fourth-order valence-corrected chi connectivity index (χ4v) is 4.53. The number of nitrogens with one attached hydrogen (secondary N) is 1. The van der Waals surface area contributed by atoms with Crippen molar-refractivity contribution >= 4 is 5.97 Å². The van der Waals surface area contributed by atoms with Gasteiger partial charge >= 0.3 is 5.97 Å². The minimum absolute atomic E-state index is 0.0947. The van der Waals surface area contributed by atoms with Crippen molar-refractivity contribution in [1.29, 1.82) is 0 Å². The van der Waals surface area contributed by atoms with Gasteiger partial charge in [-0.1, -0.05) is 123 Å². The molecule has 5 rings (SSSR count). The number of nitrogens with zero attached hydrogens (tertiary/aromatic N) is 4. The Bertz CT molecular complexity index is 1520. The molecule has 1 atom stereocenters. The molecule has 7 nitrogen and oxygen atoms in total. The fourth-order valence-electron chi connectivity index (χ4n) is 4.53. The van der Waals surface area contributed by atoms with Crippen molar-refractivity contribution in [3.8, 4) is 22.5 Å². The fraction of sp³-hybridized carbons (Fsp3) is 0.212. The van der Waals surface area contributed by atoms with Gasteiger partial charge in [0.15, 0.2) is 0 Å². The number of hydrogen-bond acceptors (Lipinski definition) is 6. The molecule has 0 saturated heterocycles. The molecule has 4 aromatic carbocycles. The summed E-state index contributed by atoms with van der Waals surface area (Å²) < 4.78 is 5.59. The molecule has 0 aliphatic heterocycles. The predicted molar refractivity (Wildman–Crippen MR) is 156 cm³/mol. The van der Waals surface area contributed by atoms with Crippen LogP contribution in [0.15, 0.2) is 109 Å². The van der Waals surface area contributed by atoms with Gasteiger partial charge in [0.05, 0.1) is 6.54 Å². The molecule has 0 aliphatic carbocycles. The average molecular weight is 532 g/mol. The van der Waals surface area contributed by atoms with Gasteiger partial charge in [0.2, 0.25) is 5.82 Å². The van der Waals surface area contributed by atoms with E-state index in [9.17, 15) is 4.79 Å². The van der Waals surface area contributed by atoms with Crippen LogP contribution in [0, 0.1) is 5.92 Å². The molecule has 1 heterocycles. The van der Waals surface area contributed by atoms with Crippen molar-refractivity contribution in [2.45, 2.75) is 39.6 Å². The first-order valence-electron chi connectivity index (χ1n) is 13.5. The van der Waals surface area contributed by atoms with Crippen LogP contribution in [-0.4, -0.2) is 32.2 Å². The molecular weight excluding hydrogens is 498 g/mol. The highest BCUT2D eigenvalue weighted by Crippen LogP contribution is 2.30. The Morgan fingerprint density at radius 2 is 1.40 bits per heavy atom. The maximum absolute atomic E-state index is 12.8. The molecule has 0 saturated carbocycles. The zero-order valence-electron chi connectivity index (χ0n) is 22.8. The summed E-state index contributed by atoms with van der Waals surface area (Å²) in [4.78, 5) is 14.4. The summed E-state index contributed by atoms with van der Waals surface area (Å²) in [6.07, 6.45) is 0. The molecule has 0 fully saturated rings. The minimum Gasteiger partial charge on any atom is -0.460 e. The highest BCUT2D eigenvalue weighted by molar-refractivity contribution is 5.80. The third-order valence-corrected chi connectivity index (χ3v) is 6.72. The smallest absolute Gasteiger partial charge is 0.323 e. The van der Waals surface area contributed by atoms with Gasteiger partial charge in [0.1, 0.15) is 12.6 Å². The van der Waals surface area contributed by atoms with E-state index in [2.05, 4.69) is 51.1 Å². The van der Waals surface area contributed by atoms with Crippen molar-refractivity contribution < 1.29 is 9.53 Å². The maximum atomic E-state index is 12.8. The third-order valence-electron chi connectivity index (χ3n) is 6.72. The van der Waals surface area contributed by atoms with Crippen molar-refractivity contribution in [3.63, 3.8) is 0 Å². The Morgan fingerprint density at radius 3 is 2.08 bits per heavy atom. The highest BCUT2D eigenvalue weighted by Gasteiger charge is 2.23. The summed E-state index contributed by atoms with van der Waals surface area (Å²) in [5.41, 5.74) is 6.19. The predicted octanol–water partition coefficient (Wildman–Crippen LogP) is 5.91. The number of aromatic nitrogens is 4. The lowest BCUT2D eigenvalue weighted by molar-refractivity contribution is -0.148. The van der Waals surface area contributed by atoms with Crippen molar-refractivity contribution in [3.05, 3.63) is 126 Å². The number of benzene rings is 4. The lowest BCUT2D eigenvalue weighted by Crippen LogP contribution is -2.41. The number of ether oxygens (including phenoxy) is 1. The number of esters is 1. The van der Waals surface area contributed by atoms with Crippen LogP contribution < -0.4 is 5.32 Å². The average Bonchev–Trinajstić information content (AvgIpc) is 3.45. The first-order valence-corrected chi connectivity index (χ1v) is 13.5. The number of carbonyl (C=O) groups is 1. The standard InChI is InChI=1S/C33H33N5O2/c1-24(2)31(33(39)40-23-27-13-7-4-8-14-27)34-21-25-17-19-28(20-18-25)29-15-9-10-16-30(29)32-35-37-38(36-32)22-26-11-5-3-6-12-26/h3-20,24,31,34H,21-23H2,1-2H3/t31-/m0/s1. The van der Waals surface area contributed by atoms with Crippen molar-refractivity contribution in [1.82, 2.24) is 25.5 Å². The van der Waals surface area contributed by atoms with E-state index in [1.165, 1.54) is 0 Å². The first kappa shape index (κ1) is 27.0. The summed E-state index contributed by atoms with van der Waals surface area (Å²) in [6, 6.07) is 35.8. The molecule has 0 spiro atoms. The van der Waals surface area contributed by atoms with Gasteiger partial charge in [-0.05, 0) is 38.9 Å². The number of carbonyl (C=O) groups excluding carboxylic acids is 1. The van der Waals surface area contributed by atoms with Crippen LogP contribution in [0.1, 0.15) is 30.5 Å². The maximum Gasteiger partial charge on any atom is 0.323 e. The molecule has 0 radical (unpaired) electrons. The first-order chi connectivity index (χ1) is 19.6. The van der Waals surface area contributed by atoms with Gasteiger partial charge in [0, 0.05) is 12.1 Å². The van der Waals surface area contributed by atoms with E-state index in [1.807, 2.05) is 92.7 Å². The summed E-state index contributed by atoms with van der Waals surface area (Å²) >= 11 is 0. The Hall–Kier alpha value is -4.62. The van der Waals surface area contributed by atoms with Gasteiger partial charge in [-0.15, -0.1) is 10.2 Å². The Labute approximate surface area is 234 Å². The summed E-state index contributed by atoms with van der Waals surface area (Å²) in [7, 11) is 0. The van der Waals surface area contributed by atoms with Crippen LogP contribution >= 0.6 is 0 Å². The van der Waals surface area contributed by atoms with Gasteiger partial charge in [-0.2, -0.15) is 4.80 Å². The Morgan fingerprint density at radius 1 is 0.775 bits per heavy atom. The van der Waals surface area contributed by atoms with Crippen molar-refractivity contribution in [2.75, 3.05) is 0 Å². The van der Waals surface area contributed by atoms with E-state index in [1.54, 1.807) is 4.80 Å². The molecule has 1 aromatic heterocycles. The van der Waals surface area contributed by atoms with Crippen LogP contribution in [0.3, 0.4) is 0 Å². The monoisotopic (exact) mass is 531 g/mol.